The Labute approximate surface area is 126 Å². The number of nitrogens with zero attached hydrogens (tertiary/aromatic N) is 1. The lowest BCUT2D eigenvalue weighted by Crippen LogP contribution is -2.04. The molecule has 104 valence electrons. The van der Waals surface area contributed by atoms with Crippen LogP contribution in [-0.2, 0) is 5.75 Å². The summed E-state index contributed by atoms with van der Waals surface area (Å²) in [4.78, 5) is 12.6. The van der Waals surface area contributed by atoms with Crippen LogP contribution in [0.5, 0.6) is 0 Å². The van der Waals surface area contributed by atoms with Crippen LogP contribution in [0, 0.1) is 0 Å². The first kappa shape index (κ1) is 13.7. The predicted octanol–water partition coefficient (Wildman–Crippen LogP) is 4.30. The number of thioether (sulfide) groups is 1. The zero-order chi connectivity index (χ0) is 14.1. The summed E-state index contributed by atoms with van der Waals surface area (Å²) in [6, 6.07) is 5.59. The third-order valence-corrected chi connectivity index (χ3v) is 4.31. The lowest BCUT2D eigenvalue weighted by Gasteiger charge is -2.05. The summed E-state index contributed by atoms with van der Waals surface area (Å²) in [6.07, 6.45) is 5.67. The molecule has 3 nitrogen and oxygen atoms in total. The highest BCUT2D eigenvalue weighted by Gasteiger charge is 2.33. The molecule has 0 aliphatic heterocycles. The minimum absolute atomic E-state index is 0.103. The van der Waals surface area contributed by atoms with Gasteiger partial charge in [-0.3, -0.25) is 4.79 Å². The molecular weight excluding hydrogens is 294 g/mol. The van der Waals surface area contributed by atoms with Gasteiger partial charge in [0.25, 0.3) is 0 Å². The van der Waals surface area contributed by atoms with Crippen LogP contribution in [0.15, 0.2) is 28.9 Å². The average Bonchev–Trinajstić information content (AvgIpc) is 3.16. The molecule has 1 saturated carbocycles. The normalized spacial score (nSPS) is 14.5. The third kappa shape index (κ3) is 2.63. The Hall–Kier alpha value is -1.26. The fourth-order valence-corrected chi connectivity index (χ4v) is 3.01. The summed E-state index contributed by atoms with van der Waals surface area (Å²) in [5.74, 6) is 1.84. The van der Waals surface area contributed by atoms with Crippen LogP contribution in [0.1, 0.15) is 46.0 Å². The molecule has 0 N–H and O–H groups in total. The number of hydrogen-bond acceptors (Lipinski definition) is 4. The Bertz CT molecular complexity index is 649. The molecule has 0 amide bonds. The topological polar surface area (TPSA) is 43.1 Å². The summed E-state index contributed by atoms with van der Waals surface area (Å²) in [6.45, 7) is 0. The van der Waals surface area contributed by atoms with Crippen LogP contribution in [0.2, 0.25) is 5.02 Å². The smallest absolute Gasteiger partial charge is 0.199 e. The molecule has 1 aromatic carbocycles. The maximum Gasteiger partial charge on any atom is 0.199 e. The van der Waals surface area contributed by atoms with E-state index < -0.39 is 0 Å². The molecule has 0 atom stereocenters. The van der Waals surface area contributed by atoms with Gasteiger partial charge in [-0.15, -0.1) is 0 Å². The van der Waals surface area contributed by atoms with E-state index in [1.54, 1.807) is 17.8 Å². The van der Waals surface area contributed by atoms with E-state index >= 15 is 0 Å². The maximum absolute atomic E-state index is 12.6. The number of carbonyl (C=O) groups excluding carboxylic acids is 1. The second kappa shape index (κ2) is 5.62. The summed E-state index contributed by atoms with van der Waals surface area (Å²) < 4.78 is 5.22. The fourth-order valence-electron chi connectivity index (χ4n) is 2.20. The Morgan fingerprint density at radius 1 is 1.45 bits per heavy atom. The number of benzene rings is 1. The lowest BCUT2D eigenvalue weighted by atomic mass is 10.0. The molecule has 1 aromatic heterocycles. The van der Waals surface area contributed by atoms with Gasteiger partial charge in [-0.25, -0.2) is 0 Å². The van der Waals surface area contributed by atoms with E-state index in [2.05, 4.69) is 5.16 Å². The van der Waals surface area contributed by atoms with Crippen LogP contribution in [0.4, 0.5) is 0 Å². The van der Waals surface area contributed by atoms with Crippen molar-refractivity contribution in [1.82, 2.24) is 5.16 Å². The van der Waals surface area contributed by atoms with Crippen molar-refractivity contribution < 1.29 is 9.32 Å². The second-order valence-corrected chi connectivity index (χ2v) is 6.23. The number of aromatic nitrogens is 1. The summed E-state index contributed by atoms with van der Waals surface area (Å²) in [5, 5.41) is 4.25. The van der Waals surface area contributed by atoms with Crippen molar-refractivity contribution in [2.75, 3.05) is 6.26 Å². The van der Waals surface area contributed by atoms with Gasteiger partial charge < -0.3 is 4.52 Å². The molecule has 0 radical (unpaired) electrons. The van der Waals surface area contributed by atoms with Crippen molar-refractivity contribution in [2.45, 2.75) is 24.5 Å². The second-order valence-electron chi connectivity index (χ2n) is 4.95. The standard InChI is InChI=1S/C15H14ClNO2S/c1-20-8-9-2-5-11(13(16)6-9)14(18)12-7-17-19-15(12)10-3-4-10/h2,5-7,10H,3-4,8H2,1H3. The highest BCUT2D eigenvalue weighted by Crippen LogP contribution is 2.42. The Morgan fingerprint density at radius 2 is 2.25 bits per heavy atom. The molecule has 1 fully saturated rings. The SMILES string of the molecule is CSCc1ccc(C(=O)c2cnoc2C2CC2)c(Cl)c1. The Morgan fingerprint density at radius 3 is 2.90 bits per heavy atom. The Kier molecular flexibility index (Phi) is 3.85. The molecule has 0 bridgehead atoms. The number of ketones is 1. The van der Waals surface area contributed by atoms with Crippen molar-refractivity contribution in [3.8, 4) is 0 Å². The molecule has 0 spiro atoms. The number of hydrogen-bond donors (Lipinski definition) is 0. The molecule has 2 aromatic rings. The molecule has 20 heavy (non-hydrogen) atoms. The first-order valence-electron chi connectivity index (χ1n) is 6.47. The van der Waals surface area contributed by atoms with E-state index in [9.17, 15) is 4.79 Å². The first-order chi connectivity index (χ1) is 9.70. The first-order valence-corrected chi connectivity index (χ1v) is 8.24. The van der Waals surface area contributed by atoms with Crippen molar-refractivity contribution in [3.63, 3.8) is 0 Å². The van der Waals surface area contributed by atoms with E-state index in [4.69, 9.17) is 16.1 Å². The van der Waals surface area contributed by atoms with E-state index in [-0.39, 0.29) is 5.78 Å². The third-order valence-electron chi connectivity index (χ3n) is 3.38. The molecule has 0 saturated heterocycles. The van der Waals surface area contributed by atoms with Gasteiger partial charge >= 0.3 is 0 Å². The maximum atomic E-state index is 12.6. The average molecular weight is 308 g/mol. The van der Waals surface area contributed by atoms with E-state index in [1.807, 2.05) is 18.4 Å². The lowest BCUT2D eigenvalue weighted by molar-refractivity contribution is 0.103. The quantitative estimate of drug-likeness (QED) is 0.772. The molecule has 1 aliphatic rings. The number of rotatable bonds is 5. The fraction of sp³-hybridized carbons (Fsp3) is 0.333. The Balaban J connectivity index is 1.91. The van der Waals surface area contributed by atoms with Crippen molar-refractivity contribution in [2.24, 2.45) is 0 Å². The van der Waals surface area contributed by atoms with Crippen molar-refractivity contribution in [3.05, 3.63) is 51.9 Å². The highest BCUT2D eigenvalue weighted by molar-refractivity contribution is 7.97. The van der Waals surface area contributed by atoms with Crippen LogP contribution in [0.3, 0.4) is 0 Å². The van der Waals surface area contributed by atoms with E-state index in [1.165, 1.54) is 6.20 Å². The minimum Gasteiger partial charge on any atom is -0.360 e. The zero-order valence-electron chi connectivity index (χ0n) is 11.1. The molecular formula is C15H14ClNO2S. The molecule has 0 unspecified atom stereocenters. The molecule has 5 heteroatoms. The molecule has 1 aliphatic carbocycles. The van der Waals surface area contributed by atoms with Gasteiger partial charge in [-0.2, -0.15) is 11.8 Å². The van der Waals surface area contributed by atoms with Gasteiger partial charge in [-0.1, -0.05) is 22.8 Å². The van der Waals surface area contributed by atoms with Crippen LogP contribution < -0.4 is 0 Å². The summed E-state index contributed by atoms with van der Waals surface area (Å²) >= 11 is 7.96. The van der Waals surface area contributed by atoms with Gasteiger partial charge in [0.2, 0.25) is 0 Å². The van der Waals surface area contributed by atoms with Crippen molar-refractivity contribution in [1.29, 1.82) is 0 Å². The minimum atomic E-state index is -0.103. The molecule has 3 rings (SSSR count). The van der Waals surface area contributed by atoms with Gasteiger partial charge in [0, 0.05) is 17.2 Å². The van der Waals surface area contributed by atoms with Crippen LogP contribution in [0.25, 0.3) is 0 Å². The van der Waals surface area contributed by atoms with Gasteiger partial charge in [-0.05, 0) is 36.8 Å². The van der Waals surface area contributed by atoms with Gasteiger partial charge in [0.15, 0.2) is 11.5 Å². The van der Waals surface area contributed by atoms with Crippen LogP contribution in [-0.4, -0.2) is 17.2 Å². The molecule has 1 heterocycles. The highest BCUT2D eigenvalue weighted by atomic mass is 35.5. The van der Waals surface area contributed by atoms with E-state index in [0.717, 1.165) is 24.2 Å². The summed E-state index contributed by atoms with van der Waals surface area (Å²) in [7, 11) is 0. The van der Waals surface area contributed by atoms with Crippen LogP contribution >= 0.6 is 23.4 Å². The van der Waals surface area contributed by atoms with Gasteiger partial charge in [0.1, 0.15) is 0 Å². The van der Waals surface area contributed by atoms with E-state index in [0.29, 0.717) is 27.8 Å². The largest absolute Gasteiger partial charge is 0.360 e. The number of halogens is 1. The number of carbonyl (C=O) groups is 1. The van der Waals surface area contributed by atoms with Gasteiger partial charge in [0.05, 0.1) is 16.8 Å². The summed E-state index contributed by atoms with van der Waals surface area (Å²) in [5.41, 5.74) is 2.18. The predicted molar refractivity (Wildman–Crippen MR) is 80.6 cm³/mol. The zero-order valence-corrected chi connectivity index (χ0v) is 12.6. The van der Waals surface area contributed by atoms with Crippen molar-refractivity contribution >= 4 is 29.1 Å². The monoisotopic (exact) mass is 307 g/mol.